The summed E-state index contributed by atoms with van der Waals surface area (Å²) in [6.07, 6.45) is 0. The number of hydrogen-bond acceptors (Lipinski definition) is 2. The molecule has 0 fully saturated rings. The molecule has 0 saturated heterocycles. The fraction of sp³-hybridized carbons (Fsp3) is 0. The molecule has 0 amide bonds. The summed E-state index contributed by atoms with van der Waals surface area (Å²) in [6, 6.07) is 12.0. The van der Waals surface area contributed by atoms with E-state index in [0.29, 0.717) is 32.1 Å². The SMILES string of the molecule is O=C(O)c1c(Cl)nc2ccc(Cl)cc2c1-c1ccccc1Cl. The van der Waals surface area contributed by atoms with Crippen LogP contribution >= 0.6 is 34.8 Å². The Balaban J connectivity index is 2.53. The Labute approximate surface area is 141 Å². The number of carboxylic acids is 1. The van der Waals surface area contributed by atoms with Crippen LogP contribution in [0.5, 0.6) is 0 Å². The first-order valence-electron chi connectivity index (χ1n) is 6.26. The lowest BCUT2D eigenvalue weighted by Crippen LogP contribution is -2.04. The van der Waals surface area contributed by atoms with Crippen LogP contribution in [0.15, 0.2) is 42.5 Å². The maximum atomic E-state index is 11.7. The lowest BCUT2D eigenvalue weighted by molar-refractivity contribution is 0.0697. The molecule has 0 aliphatic heterocycles. The van der Waals surface area contributed by atoms with Crippen LogP contribution < -0.4 is 0 Å². The largest absolute Gasteiger partial charge is 0.478 e. The smallest absolute Gasteiger partial charge is 0.339 e. The van der Waals surface area contributed by atoms with Crippen molar-refractivity contribution in [3.8, 4) is 11.1 Å². The van der Waals surface area contributed by atoms with Gasteiger partial charge in [-0.15, -0.1) is 0 Å². The van der Waals surface area contributed by atoms with Gasteiger partial charge in [-0.2, -0.15) is 0 Å². The zero-order valence-corrected chi connectivity index (χ0v) is 13.2. The highest BCUT2D eigenvalue weighted by molar-refractivity contribution is 6.37. The summed E-state index contributed by atoms with van der Waals surface area (Å²) in [5, 5.41) is 10.9. The van der Waals surface area contributed by atoms with Gasteiger partial charge in [0.15, 0.2) is 0 Å². The molecule has 0 saturated carbocycles. The van der Waals surface area contributed by atoms with Crippen LogP contribution in [0, 0.1) is 0 Å². The van der Waals surface area contributed by atoms with Gasteiger partial charge in [-0.3, -0.25) is 0 Å². The Morgan fingerprint density at radius 1 is 1.05 bits per heavy atom. The van der Waals surface area contributed by atoms with E-state index < -0.39 is 5.97 Å². The molecule has 22 heavy (non-hydrogen) atoms. The zero-order valence-electron chi connectivity index (χ0n) is 11.0. The fourth-order valence-electron chi connectivity index (χ4n) is 2.34. The van der Waals surface area contributed by atoms with Crippen molar-refractivity contribution in [3.05, 3.63) is 63.2 Å². The van der Waals surface area contributed by atoms with E-state index in [9.17, 15) is 9.90 Å². The van der Waals surface area contributed by atoms with Crippen LogP contribution in [0.3, 0.4) is 0 Å². The topological polar surface area (TPSA) is 50.2 Å². The summed E-state index contributed by atoms with van der Waals surface area (Å²) in [4.78, 5) is 15.8. The number of aromatic carboxylic acids is 1. The number of fused-ring (bicyclic) bond motifs is 1. The molecular formula is C16H8Cl3NO2. The van der Waals surface area contributed by atoms with E-state index in [1.54, 1.807) is 42.5 Å². The van der Waals surface area contributed by atoms with Gasteiger partial charge < -0.3 is 5.11 Å². The van der Waals surface area contributed by atoms with Crippen molar-refractivity contribution in [2.75, 3.05) is 0 Å². The van der Waals surface area contributed by atoms with Gasteiger partial charge in [0.05, 0.1) is 5.52 Å². The Kier molecular flexibility index (Phi) is 3.96. The van der Waals surface area contributed by atoms with Gasteiger partial charge in [0.1, 0.15) is 10.7 Å². The van der Waals surface area contributed by atoms with Crippen LogP contribution in [0.2, 0.25) is 15.2 Å². The van der Waals surface area contributed by atoms with E-state index in [-0.39, 0.29) is 10.7 Å². The molecule has 110 valence electrons. The minimum atomic E-state index is -1.17. The van der Waals surface area contributed by atoms with E-state index in [1.165, 1.54) is 0 Å². The van der Waals surface area contributed by atoms with Crippen molar-refractivity contribution in [2.45, 2.75) is 0 Å². The van der Waals surface area contributed by atoms with Crippen molar-refractivity contribution in [2.24, 2.45) is 0 Å². The predicted molar refractivity (Wildman–Crippen MR) is 89.2 cm³/mol. The number of carbonyl (C=O) groups is 1. The summed E-state index contributed by atoms with van der Waals surface area (Å²) in [6.45, 7) is 0. The van der Waals surface area contributed by atoms with Crippen molar-refractivity contribution < 1.29 is 9.90 Å². The molecular weight excluding hydrogens is 345 g/mol. The van der Waals surface area contributed by atoms with Crippen molar-refractivity contribution in [1.82, 2.24) is 4.98 Å². The maximum Gasteiger partial charge on any atom is 0.339 e. The number of rotatable bonds is 2. The highest BCUT2D eigenvalue weighted by Crippen LogP contribution is 2.39. The number of aromatic nitrogens is 1. The number of halogens is 3. The number of carboxylic acid groups (broad SMARTS) is 1. The van der Waals surface area contributed by atoms with Crippen LogP contribution in [0.25, 0.3) is 22.0 Å². The fourth-order valence-corrected chi connectivity index (χ4v) is 3.01. The van der Waals surface area contributed by atoms with Gasteiger partial charge in [0.25, 0.3) is 0 Å². The summed E-state index contributed by atoms with van der Waals surface area (Å²) < 4.78 is 0. The molecule has 3 rings (SSSR count). The minimum Gasteiger partial charge on any atom is -0.478 e. The molecule has 0 bridgehead atoms. The van der Waals surface area contributed by atoms with Gasteiger partial charge >= 0.3 is 5.97 Å². The average molecular weight is 353 g/mol. The summed E-state index contributed by atoms with van der Waals surface area (Å²) >= 11 is 18.4. The Morgan fingerprint density at radius 3 is 2.45 bits per heavy atom. The third-order valence-electron chi connectivity index (χ3n) is 3.26. The molecule has 1 aromatic heterocycles. The number of pyridine rings is 1. The van der Waals surface area contributed by atoms with Crippen LogP contribution in [0.4, 0.5) is 0 Å². The normalized spacial score (nSPS) is 10.9. The number of hydrogen-bond donors (Lipinski definition) is 1. The average Bonchev–Trinajstić information content (AvgIpc) is 2.47. The molecule has 0 unspecified atom stereocenters. The lowest BCUT2D eigenvalue weighted by atomic mass is 9.96. The highest BCUT2D eigenvalue weighted by Gasteiger charge is 2.22. The maximum absolute atomic E-state index is 11.7. The first kappa shape index (κ1) is 15.1. The quantitative estimate of drug-likeness (QED) is 0.614. The molecule has 1 heterocycles. The molecule has 2 aromatic carbocycles. The second-order valence-corrected chi connectivity index (χ2v) is 5.80. The van der Waals surface area contributed by atoms with Gasteiger partial charge in [-0.25, -0.2) is 9.78 Å². The van der Waals surface area contributed by atoms with Crippen LogP contribution in [-0.4, -0.2) is 16.1 Å². The van der Waals surface area contributed by atoms with Crippen molar-refractivity contribution in [3.63, 3.8) is 0 Å². The van der Waals surface area contributed by atoms with Crippen LogP contribution in [-0.2, 0) is 0 Å². The molecule has 3 aromatic rings. The van der Waals surface area contributed by atoms with E-state index in [2.05, 4.69) is 4.98 Å². The van der Waals surface area contributed by atoms with Crippen LogP contribution in [0.1, 0.15) is 10.4 Å². The van der Waals surface area contributed by atoms with E-state index >= 15 is 0 Å². The zero-order chi connectivity index (χ0) is 15.9. The van der Waals surface area contributed by atoms with E-state index in [0.717, 1.165) is 0 Å². The molecule has 0 spiro atoms. The Bertz CT molecular complexity index is 909. The molecule has 0 radical (unpaired) electrons. The van der Waals surface area contributed by atoms with E-state index in [1.807, 2.05) is 0 Å². The predicted octanol–water partition coefficient (Wildman–Crippen LogP) is 5.56. The Morgan fingerprint density at radius 2 is 1.77 bits per heavy atom. The first-order valence-corrected chi connectivity index (χ1v) is 7.39. The van der Waals surface area contributed by atoms with E-state index in [4.69, 9.17) is 34.8 Å². The highest BCUT2D eigenvalue weighted by atomic mass is 35.5. The number of benzene rings is 2. The second kappa shape index (κ2) is 5.76. The first-order chi connectivity index (χ1) is 10.5. The lowest BCUT2D eigenvalue weighted by Gasteiger charge is -2.13. The Hall–Kier alpha value is -1.81. The summed E-state index contributed by atoms with van der Waals surface area (Å²) in [7, 11) is 0. The third-order valence-corrected chi connectivity index (χ3v) is 4.10. The monoisotopic (exact) mass is 351 g/mol. The van der Waals surface area contributed by atoms with Gasteiger partial charge in [-0.05, 0) is 24.3 Å². The molecule has 3 nitrogen and oxygen atoms in total. The van der Waals surface area contributed by atoms with Gasteiger partial charge in [-0.1, -0.05) is 53.0 Å². The molecule has 6 heteroatoms. The molecule has 0 aliphatic rings. The second-order valence-electron chi connectivity index (χ2n) is 4.60. The van der Waals surface area contributed by atoms with Crippen molar-refractivity contribution >= 4 is 51.7 Å². The number of nitrogens with zero attached hydrogens (tertiary/aromatic N) is 1. The van der Waals surface area contributed by atoms with Gasteiger partial charge in [0, 0.05) is 26.6 Å². The van der Waals surface area contributed by atoms with Crippen molar-refractivity contribution in [1.29, 1.82) is 0 Å². The van der Waals surface area contributed by atoms with Gasteiger partial charge in [0.2, 0.25) is 0 Å². The summed E-state index contributed by atoms with van der Waals surface area (Å²) in [5.41, 5.74) is 1.44. The standard InChI is InChI=1S/C16H8Cl3NO2/c17-8-5-6-12-10(7-8)13(9-3-1-2-4-11(9)18)14(16(21)22)15(19)20-12/h1-7H,(H,21,22). The molecule has 0 atom stereocenters. The third kappa shape index (κ3) is 2.52. The molecule has 1 N–H and O–H groups in total. The minimum absolute atomic E-state index is 0.0859. The molecule has 0 aliphatic carbocycles. The summed E-state index contributed by atoms with van der Waals surface area (Å²) in [5.74, 6) is -1.17.